The zero-order valence-electron chi connectivity index (χ0n) is 16.5. The standard InChI is InChI=1S/C22H24N2O5S/c1-13-3-4-15(22(28)19(26)12-29-17(11-25)20(22)27)9-14(13)10-16-5-6-18(30-16)21-23-7-2-8-24-21/h2-9,17,19-20,25-28H,10-12H2,1H3/t17-,19+,20-,22+/m1/s1. The smallest absolute Gasteiger partial charge is 0.169 e. The molecule has 0 radical (unpaired) electrons. The van der Waals surface area contributed by atoms with Crippen LogP contribution in [0.4, 0.5) is 0 Å². The second kappa shape index (κ2) is 8.50. The van der Waals surface area contributed by atoms with Crippen LogP contribution in [0, 0.1) is 6.92 Å². The van der Waals surface area contributed by atoms with Gasteiger partial charge in [0.25, 0.3) is 0 Å². The summed E-state index contributed by atoms with van der Waals surface area (Å²) in [6.07, 6.45) is 0.313. The normalized spacial score (nSPS) is 26.6. The molecule has 3 heterocycles. The summed E-state index contributed by atoms with van der Waals surface area (Å²) >= 11 is 1.60. The summed E-state index contributed by atoms with van der Waals surface area (Å²) in [4.78, 5) is 10.6. The SMILES string of the molecule is Cc1ccc([C@@]2(O)[C@H](O)[C@@H](CO)OC[C@@H]2O)cc1Cc1ccc(-c2ncccn2)s1. The average Bonchev–Trinajstić information content (AvgIpc) is 3.23. The Bertz CT molecular complexity index is 1010. The summed E-state index contributed by atoms with van der Waals surface area (Å²) in [5.41, 5.74) is 0.470. The van der Waals surface area contributed by atoms with E-state index in [-0.39, 0.29) is 6.61 Å². The van der Waals surface area contributed by atoms with Gasteiger partial charge in [-0.1, -0.05) is 18.2 Å². The van der Waals surface area contributed by atoms with Crippen LogP contribution in [-0.2, 0) is 16.8 Å². The van der Waals surface area contributed by atoms with E-state index < -0.39 is 30.5 Å². The molecular weight excluding hydrogens is 404 g/mol. The molecule has 0 bridgehead atoms. The van der Waals surface area contributed by atoms with Crippen LogP contribution in [0.2, 0.25) is 0 Å². The summed E-state index contributed by atoms with van der Waals surface area (Å²) in [7, 11) is 0. The first-order valence-electron chi connectivity index (χ1n) is 9.70. The van der Waals surface area contributed by atoms with E-state index in [0.717, 1.165) is 20.9 Å². The Kier molecular flexibility index (Phi) is 5.97. The van der Waals surface area contributed by atoms with Gasteiger partial charge in [0.1, 0.15) is 23.9 Å². The monoisotopic (exact) mass is 428 g/mol. The maximum Gasteiger partial charge on any atom is 0.169 e. The fraction of sp³-hybridized carbons (Fsp3) is 0.364. The van der Waals surface area contributed by atoms with Gasteiger partial charge in [-0.15, -0.1) is 11.3 Å². The first kappa shape index (κ1) is 21.0. The van der Waals surface area contributed by atoms with Crippen molar-refractivity contribution in [1.82, 2.24) is 9.97 Å². The third-order valence-electron chi connectivity index (χ3n) is 5.58. The Morgan fingerprint density at radius 1 is 1.17 bits per heavy atom. The molecular formula is C22H24N2O5S. The molecule has 1 fully saturated rings. The predicted molar refractivity (Wildman–Crippen MR) is 112 cm³/mol. The number of aromatic nitrogens is 2. The van der Waals surface area contributed by atoms with Gasteiger partial charge >= 0.3 is 0 Å². The third kappa shape index (κ3) is 3.78. The number of ether oxygens (including phenoxy) is 1. The summed E-state index contributed by atoms with van der Waals surface area (Å²) in [6, 6.07) is 11.2. The van der Waals surface area contributed by atoms with Gasteiger partial charge in [0.05, 0.1) is 18.1 Å². The van der Waals surface area contributed by atoms with Crippen molar-refractivity contribution in [3.05, 3.63) is 70.4 Å². The minimum absolute atomic E-state index is 0.173. The van der Waals surface area contributed by atoms with Crippen molar-refractivity contribution in [3.63, 3.8) is 0 Å². The van der Waals surface area contributed by atoms with Crippen LogP contribution in [0.3, 0.4) is 0 Å². The van der Waals surface area contributed by atoms with Gasteiger partial charge in [0, 0.05) is 23.7 Å². The molecule has 30 heavy (non-hydrogen) atoms. The molecule has 1 aromatic carbocycles. The number of rotatable bonds is 5. The topological polar surface area (TPSA) is 116 Å². The van der Waals surface area contributed by atoms with Crippen LogP contribution in [0.5, 0.6) is 0 Å². The maximum absolute atomic E-state index is 11.2. The lowest BCUT2D eigenvalue weighted by Crippen LogP contribution is -2.61. The summed E-state index contributed by atoms with van der Waals surface area (Å²) in [5, 5.41) is 41.6. The van der Waals surface area contributed by atoms with Crippen molar-refractivity contribution in [2.75, 3.05) is 13.2 Å². The molecule has 3 aromatic rings. The van der Waals surface area contributed by atoms with Crippen molar-refractivity contribution in [1.29, 1.82) is 0 Å². The van der Waals surface area contributed by atoms with Gasteiger partial charge in [-0.3, -0.25) is 0 Å². The second-order valence-electron chi connectivity index (χ2n) is 7.50. The minimum Gasteiger partial charge on any atom is -0.394 e. The molecule has 4 atom stereocenters. The molecule has 158 valence electrons. The number of aliphatic hydroxyl groups excluding tert-OH is 3. The summed E-state index contributed by atoms with van der Waals surface area (Å²) in [6.45, 7) is 1.35. The van der Waals surface area contributed by atoms with Crippen molar-refractivity contribution in [3.8, 4) is 10.7 Å². The van der Waals surface area contributed by atoms with Crippen molar-refractivity contribution in [2.45, 2.75) is 37.3 Å². The summed E-state index contributed by atoms with van der Waals surface area (Å²) < 4.78 is 5.24. The summed E-state index contributed by atoms with van der Waals surface area (Å²) in [5.74, 6) is 0.678. The second-order valence-corrected chi connectivity index (χ2v) is 8.67. The van der Waals surface area contributed by atoms with E-state index in [1.165, 1.54) is 0 Å². The van der Waals surface area contributed by atoms with Crippen LogP contribution >= 0.6 is 11.3 Å². The molecule has 0 spiro atoms. The van der Waals surface area contributed by atoms with E-state index in [9.17, 15) is 20.4 Å². The molecule has 1 aliphatic heterocycles. The van der Waals surface area contributed by atoms with E-state index in [1.807, 2.05) is 25.1 Å². The molecule has 1 aliphatic rings. The lowest BCUT2D eigenvalue weighted by atomic mass is 9.78. The highest BCUT2D eigenvalue weighted by atomic mass is 32.1. The highest BCUT2D eigenvalue weighted by molar-refractivity contribution is 7.15. The van der Waals surface area contributed by atoms with Crippen molar-refractivity contribution in [2.24, 2.45) is 0 Å². The van der Waals surface area contributed by atoms with Crippen molar-refractivity contribution >= 4 is 11.3 Å². The molecule has 0 amide bonds. The first-order chi connectivity index (χ1) is 14.4. The zero-order valence-corrected chi connectivity index (χ0v) is 17.3. The Labute approximate surface area is 178 Å². The highest BCUT2D eigenvalue weighted by Gasteiger charge is 2.51. The molecule has 2 aromatic heterocycles. The number of benzene rings is 1. The van der Waals surface area contributed by atoms with Crippen LogP contribution in [0.15, 0.2) is 48.8 Å². The van der Waals surface area contributed by atoms with E-state index in [4.69, 9.17) is 4.74 Å². The minimum atomic E-state index is -1.92. The Morgan fingerprint density at radius 3 is 2.67 bits per heavy atom. The fourth-order valence-corrected chi connectivity index (χ4v) is 4.73. The van der Waals surface area contributed by atoms with Crippen LogP contribution in [0.25, 0.3) is 10.7 Å². The quantitative estimate of drug-likeness (QED) is 0.486. The van der Waals surface area contributed by atoms with E-state index in [0.29, 0.717) is 17.8 Å². The average molecular weight is 429 g/mol. The van der Waals surface area contributed by atoms with Gasteiger partial charge in [-0.2, -0.15) is 0 Å². The lowest BCUT2D eigenvalue weighted by molar-refractivity contribution is -0.253. The number of nitrogens with zero attached hydrogens (tertiary/aromatic N) is 2. The van der Waals surface area contributed by atoms with Crippen LogP contribution < -0.4 is 0 Å². The van der Waals surface area contributed by atoms with Gasteiger partial charge in [-0.25, -0.2) is 9.97 Å². The number of hydrogen-bond donors (Lipinski definition) is 4. The van der Waals surface area contributed by atoms with Gasteiger partial charge in [0.15, 0.2) is 5.82 Å². The van der Waals surface area contributed by atoms with Gasteiger partial charge in [-0.05, 0) is 41.8 Å². The number of thiophene rings is 1. The van der Waals surface area contributed by atoms with Gasteiger partial charge < -0.3 is 25.2 Å². The molecule has 4 N–H and O–H groups in total. The number of aliphatic hydroxyl groups is 4. The Hall–Kier alpha value is -2.20. The maximum atomic E-state index is 11.2. The van der Waals surface area contributed by atoms with Crippen LogP contribution in [-0.4, -0.2) is 61.9 Å². The number of hydrogen-bond acceptors (Lipinski definition) is 8. The number of aryl methyl sites for hydroxylation is 1. The Balaban J connectivity index is 1.63. The largest absolute Gasteiger partial charge is 0.394 e. The fourth-order valence-electron chi connectivity index (χ4n) is 3.75. The van der Waals surface area contributed by atoms with Crippen LogP contribution in [0.1, 0.15) is 21.6 Å². The highest BCUT2D eigenvalue weighted by Crippen LogP contribution is 2.37. The molecule has 4 rings (SSSR count). The predicted octanol–water partition coefficient (Wildman–Crippen LogP) is 1.40. The zero-order chi connectivity index (χ0) is 21.3. The molecule has 0 saturated carbocycles. The van der Waals surface area contributed by atoms with Gasteiger partial charge in [0.2, 0.25) is 0 Å². The molecule has 0 aliphatic carbocycles. The van der Waals surface area contributed by atoms with Crippen molar-refractivity contribution < 1.29 is 25.2 Å². The van der Waals surface area contributed by atoms with E-state index in [1.54, 1.807) is 41.9 Å². The van der Waals surface area contributed by atoms with E-state index in [2.05, 4.69) is 9.97 Å². The third-order valence-corrected chi connectivity index (χ3v) is 6.66. The molecule has 8 heteroatoms. The molecule has 0 unspecified atom stereocenters. The van der Waals surface area contributed by atoms with E-state index >= 15 is 0 Å². The lowest BCUT2D eigenvalue weighted by Gasteiger charge is -2.44. The molecule has 7 nitrogen and oxygen atoms in total. The first-order valence-corrected chi connectivity index (χ1v) is 10.5. The Morgan fingerprint density at radius 2 is 1.93 bits per heavy atom. The molecule has 1 saturated heterocycles.